The normalized spacial score (nSPS) is 11.4. The molecule has 0 aliphatic heterocycles. The maximum Gasteiger partial charge on any atom is 0.266 e. The fourth-order valence-electron chi connectivity index (χ4n) is 3.16. The van der Waals surface area contributed by atoms with Crippen molar-refractivity contribution in [2.45, 2.75) is 53.0 Å². The largest absolute Gasteiger partial charge is 0.350 e. The average Bonchev–Trinajstić information content (AvgIpc) is 2.68. The lowest BCUT2D eigenvalue weighted by Gasteiger charge is -2.16. The second-order valence-electron chi connectivity index (χ2n) is 6.98. The molecule has 1 unspecified atom stereocenters. The first-order chi connectivity index (χ1) is 13.8. The number of carbonyl (C=O) groups excluding carboxylic acids is 2. The van der Waals surface area contributed by atoms with Gasteiger partial charge in [-0.15, -0.1) is 0 Å². The zero-order valence-electron chi connectivity index (χ0n) is 17.2. The Hall–Kier alpha value is -3.40. The van der Waals surface area contributed by atoms with Crippen molar-refractivity contribution in [3.8, 4) is 6.07 Å². The number of pyridine rings is 1. The summed E-state index contributed by atoms with van der Waals surface area (Å²) in [7, 11) is 0. The van der Waals surface area contributed by atoms with Gasteiger partial charge in [0.05, 0.1) is 6.04 Å². The highest BCUT2D eigenvalue weighted by Crippen LogP contribution is 2.18. The molecule has 29 heavy (non-hydrogen) atoms. The van der Waals surface area contributed by atoms with Crippen molar-refractivity contribution >= 4 is 17.5 Å². The third-order valence-electron chi connectivity index (χ3n) is 4.92. The van der Waals surface area contributed by atoms with Crippen LogP contribution in [0.1, 0.15) is 60.7 Å². The summed E-state index contributed by atoms with van der Waals surface area (Å²) in [6.45, 7) is 7.18. The summed E-state index contributed by atoms with van der Waals surface area (Å²) in [4.78, 5) is 38.3. The van der Waals surface area contributed by atoms with Crippen molar-refractivity contribution in [3.05, 3.63) is 62.6 Å². The van der Waals surface area contributed by atoms with Crippen LogP contribution in [0.2, 0.25) is 0 Å². The molecule has 0 saturated carbocycles. The van der Waals surface area contributed by atoms with E-state index in [2.05, 4.69) is 15.6 Å². The van der Waals surface area contributed by atoms with Gasteiger partial charge in [-0.05, 0) is 56.0 Å². The molecule has 3 N–H and O–H groups in total. The first-order valence-corrected chi connectivity index (χ1v) is 9.58. The monoisotopic (exact) mass is 394 g/mol. The van der Waals surface area contributed by atoms with E-state index in [1.54, 1.807) is 20.8 Å². The molecular weight excluding hydrogens is 368 g/mol. The van der Waals surface area contributed by atoms with Gasteiger partial charge < -0.3 is 15.6 Å². The average molecular weight is 394 g/mol. The topological polar surface area (TPSA) is 115 Å². The second kappa shape index (κ2) is 9.69. The van der Waals surface area contributed by atoms with Crippen LogP contribution >= 0.6 is 0 Å². The fourth-order valence-corrected chi connectivity index (χ4v) is 3.16. The number of amides is 2. The molecule has 2 amide bonds. The van der Waals surface area contributed by atoms with Gasteiger partial charge in [0.25, 0.3) is 5.56 Å². The van der Waals surface area contributed by atoms with Crippen LogP contribution in [0, 0.1) is 25.2 Å². The number of nitrogens with one attached hydrogen (secondary N) is 3. The molecule has 1 atom stereocenters. The van der Waals surface area contributed by atoms with Gasteiger partial charge in [-0.25, -0.2) is 0 Å². The molecule has 7 nitrogen and oxygen atoms in total. The number of benzene rings is 1. The van der Waals surface area contributed by atoms with Crippen molar-refractivity contribution in [3.63, 3.8) is 0 Å². The summed E-state index contributed by atoms with van der Waals surface area (Å²) < 4.78 is 0. The number of H-pyrrole nitrogens is 1. The highest BCUT2D eigenvalue weighted by atomic mass is 16.2. The number of nitriles is 1. The Morgan fingerprint density at radius 3 is 2.41 bits per heavy atom. The molecule has 0 aliphatic carbocycles. The molecular formula is C22H26N4O3. The molecule has 0 bridgehead atoms. The molecule has 0 aliphatic rings. The SMILES string of the molecule is CCC(=O)Nc1ccc(C(C)NC(=O)CCc2c(C)[nH]c(=O)c(C#N)c2C)cc1. The molecule has 152 valence electrons. The highest BCUT2D eigenvalue weighted by Gasteiger charge is 2.15. The Morgan fingerprint density at radius 1 is 1.17 bits per heavy atom. The van der Waals surface area contributed by atoms with Gasteiger partial charge >= 0.3 is 0 Å². The van der Waals surface area contributed by atoms with Crippen LogP contribution in [0.4, 0.5) is 5.69 Å². The van der Waals surface area contributed by atoms with Gasteiger partial charge in [-0.3, -0.25) is 14.4 Å². The summed E-state index contributed by atoms with van der Waals surface area (Å²) in [6, 6.07) is 9.08. The van der Waals surface area contributed by atoms with Crippen LogP contribution in [0.5, 0.6) is 0 Å². The highest BCUT2D eigenvalue weighted by molar-refractivity contribution is 5.90. The maximum absolute atomic E-state index is 12.4. The van der Waals surface area contributed by atoms with Gasteiger partial charge in [-0.2, -0.15) is 5.26 Å². The van der Waals surface area contributed by atoms with E-state index in [0.29, 0.717) is 24.1 Å². The smallest absolute Gasteiger partial charge is 0.266 e. The third kappa shape index (κ3) is 5.55. The van der Waals surface area contributed by atoms with Crippen LogP contribution in [0.3, 0.4) is 0 Å². The maximum atomic E-state index is 12.4. The van der Waals surface area contributed by atoms with Crippen LogP contribution in [0.25, 0.3) is 0 Å². The van der Waals surface area contributed by atoms with E-state index in [0.717, 1.165) is 16.8 Å². The van der Waals surface area contributed by atoms with E-state index in [1.807, 2.05) is 37.3 Å². The van der Waals surface area contributed by atoms with Crippen LogP contribution in [0.15, 0.2) is 29.1 Å². The number of hydrogen-bond acceptors (Lipinski definition) is 4. The molecule has 0 spiro atoms. The first kappa shape index (κ1) is 21.9. The standard InChI is InChI=1S/C22H26N4O3/c1-5-20(27)26-17-8-6-16(7-9-17)14(3)24-21(28)11-10-18-13(2)19(12-23)22(29)25-15(18)4/h6-9,14H,5,10-11H2,1-4H3,(H,24,28)(H,25,29)(H,26,27). The number of aromatic amines is 1. The van der Waals surface area contributed by atoms with E-state index in [-0.39, 0.29) is 29.8 Å². The van der Waals surface area contributed by atoms with E-state index < -0.39 is 5.56 Å². The number of nitrogens with zero attached hydrogens (tertiary/aromatic N) is 1. The van der Waals surface area contributed by atoms with Crippen LogP contribution in [-0.2, 0) is 16.0 Å². The Balaban J connectivity index is 1.99. The minimum Gasteiger partial charge on any atom is -0.350 e. The lowest BCUT2D eigenvalue weighted by molar-refractivity contribution is -0.121. The summed E-state index contributed by atoms with van der Waals surface area (Å²) in [6.07, 6.45) is 1.09. The Morgan fingerprint density at radius 2 is 1.83 bits per heavy atom. The number of carbonyl (C=O) groups is 2. The number of aryl methyl sites for hydroxylation is 1. The molecule has 1 heterocycles. The van der Waals surface area contributed by atoms with Gasteiger partial charge in [0.15, 0.2) is 0 Å². The molecule has 2 rings (SSSR count). The Labute approximate surface area is 170 Å². The van der Waals surface area contributed by atoms with Crippen molar-refractivity contribution in [1.29, 1.82) is 5.26 Å². The molecule has 0 radical (unpaired) electrons. The Bertz CT molecular complexity index is 1000. The van der Waals surface area contributed by atoms with Gasteiger partial charge in [-0.1, -0.05) is 19.1 Å². The van der Waals surface area contributed by atoms with E-state index in [1.165, 1.54) is 0 Å². The van der Waals surface area contributed by atoms with Crippen LogP contribution in [-0.4, -0.2) is 16.8 Å². The van der Waals surface area contributed by atoms with Crippen molar-refractivity contribution < 1.29 is 9.59 Å². The molecule has 0 fully saturated rings. The predicted octanol–water partition coefficient (Wildman–Crippen LogP) is 3.02. The van der Waals surface area contributed by atoms with E-state index >= 15 is 0 Å². The van der Waals surface area contributed by atoms with Crippen molar-refractivity contribution in [2.24, 2.45) is 0 Å². The van der Waals surface area contributed by atoms with Gasteiger partial charge in [0.1, 0.15) is 11.6 Å². The second-order valence-corrected chi connectivity index (χ2v) is 6.98. The van der Waals surface area contributed by atoms with E-state index in [4.69, 9.17) is 5.26 Å². The summed E-state index contributed by atoms with van der Waals surface area (Å²) in [5.74, 6) is -0.170. The Kier molecular flexibility index (Phi) is 7.32. The fraction of sp³-hybridized carbons (Fsp3) is 0.364. The first-order valence-electron chi connectivity index (χ1n) is 9.58. The summed E-state index contributed by atoms with van der Waals surface area (Å²) in [5.41, 5.74) is 3.46. The minimum absolute atomic E-state index is 0.0495. The minimum atomic E-state index is -0.400. The molecule has 0 saturated heterocycles. The van der Waals surface area contributed by atoms with Crippen LogP contribution < -0.4 is 16.2 Å². The summed E-state index contributed by atoms with van der Waals surface area (Å²) >= 11 is 0. The zero-order chi connectivity index (χ0) is 21.6. The third-order valence-corrected chi connectivity index (χ3v) is 4.92. The zero-order valence-corrected chi connectivity index (χ0v) is 17.2. The number of anilines is 1. The quantitative estimate of drug-likeness (QED) is 0.669. The number of rotatable bonds is 7. The van der Waals surface area contributed by atoms with Gasteiger partial charge in [0.2, 0.25) is 11.8 Å². The molecule has 1 aromatic heterocycles. The number of hydrogen-bond donors (Lipinski definition) is 3. The van der Waals surface area contributed by atoms with Crippen molar-refractivity contribution in [2.75, 3.05) is 5.32 Å². The molecule has 7 heteroatoms. The van der Waals surface area contributed by atoms with Gasteiger partial charge in [0, 0.05) is 24.2 Å². The van der Waals surface area contributed by atoms with E-state index in [9.17, 15) is 14.4 Å². The molecule has 1 aromatic carbocycles. The lowest BCUT2D eigenvalue weighted by atomic mass is 9.99. The lowest BCUT2D eigenvalue weighted by Crippen LogP contribution is -2.27. The van der Waals surface area contributed by atoms with Crippen molar-refractivity contribution in [1.82, 2.24) is 10.3 Å². The summed E-state index contributed by atoms with van der Waals surface area (Å²) in [5, 5.41) is 14.9. The number of aromatic nitrogens is 1. The predicted molar refractivity (Wildman–Crippen MR) is 111 cm³/mol. The molecule has 2 aromatic rings.